The minimum absolute atomic E-state index is 0.142. The number of ether oxygens (including phenoxy) is 2. The average molecular weight is 507 g/mol. The van der Waals surface area contributed by atoms with Gasteiger partial charge in [0.05, 0.1) is 13.7 Å². The molecule has 2 aromatic heterocycles. The molecule has 2 heterocycles. The summed E-state index contributed by atoms with van der Waals surface area (Å²) in [5.41, 5.74) is 6.90. The van der Waals surface area contributed by atoms with E-state index in [0.29, 0.717) is 35.3 Å². The first-order valence-electron chi connectivity index (χ1n) is 9.12. The first kappa shape index (κ1) is 21.0. The first-order valence-corrected chi connectivity index (χ1v) is 10.2. The number of hydrogen-bond donors (Lipinski definition) is 1. The lowest BCUT2D eigenvalue weighted by molar-refractivity contribution is 0.0595. The van der Waals surface area contributed by atoms with E-state index >= 15 is 0 Å². The minimum Gasteiger partial charge on any atom is -0.493 e. The van der Waals surface area contributed by atoms with Crippen molar-refractivity contribution in [3.05, 3.63) is 51.9 Å². The number of halogens is 1. The lowest BCUT2D eigenvalue weighted by atomic mass is 10.1. The van der Waals surface area contributed by atoms with E-state index < -0.39 is 5.97 Å². The van der Waals surface area contributed by atoms with Gasteiger partial charge in [0.25, 0.3) is 0 Å². The Labute approximate surface area is 182 Å². The van der Waals surface area contributed by atoms with E-state index in [9.17, 15) is 4.79 Å². The van der Waals surface area contributed by atoms with Crippen LogP contribution in [0.25, 0.3) is 11.5 Å². The predicted octanol–water partition coefficient (Wildman–Crippen LogP) is 3.73. The van der Waals surface area contributed by atoms with Crippen molar-refractivity contribution in [2.45, 2.75) is 25.8 Å². The summed E-state index contributed by atoms with van der Waals surface area (Å²) >= 11 is 2.15. The molecule has 1 aromatic carbocycles. The normalized spacial score (nSPS) is 11.8. The molecule has 0 radical (unpaired) electrons. The van der Waals surface area contributed by atoms with Crippen molar-refractivity contribution in [1.82, 2.24) is 19.7 Å². The summed E-state index contributed by atoms with van der Waals surface area (Å²) < 4.78 is 13.6. The van der Waals surface area contributed by atoms with Crippen molar-refractivity contribution >= 4 is 34.4 Å². The number of nitrogens with two attached hydrogens (primary N) is 1. The number of benzene rings is 1. The third-order valence-electron chi connectivity index (χ3n) is 4.42. The molecule has 0 bridgehead atoms. The summed E-state index contributed by atoms with van der Waals surface area (Å²) in [6.07, 6.45) is 3.32. The fourth-order valence-corrected chi connectivity index (χ4v) is 3.41. The molecule has 0 amide bonds. The third-order valence-corrected chi connectivity index (χ3v) is 5.09. The van der Waals surface area contributed by atoms with Crippen LogP contribution in [0.1, 0.15) is 36.2 Å². The number of carbonyl (C=O) groups is 1. The van der Waals surface area contributed by atoms with E-state index in [0.717, 1.165) is 16.4 Å². The van der Waals surface area contributed by atoms with Gasteiger partial charge in [-0.2, -0.15) is 0 Å². The van der Waals surface area contributed by atoms with Crippen LogP contribution in [0.4, 0.5) is 5.82 Å². The van der Waals surface area contributed by atoms with Gasteiger partial charge in [0.15, 0.2) is 5.82 Å². The van der Waals surface area contributed by atoms with Gasteiger partial charge >= 0.3 is 5.97 Å². The lowest BCUT2D eigenvalue weighted by Crippen LogP contribution is -2.10. The summed E-state index contributed by atoms with van der Waals surface area (Å²) in [6.45, 7) is 2.56. The number of rotatable bonds is 8. The highest BCUT2D eigenvalue weighted by Gasteiger charge is 2.16. The molecular formula is C20H22IN5O3. The summed E-state index contributed by atoms with van der Waals surface area (Å²) in [5.74, 6) is 1.24. The van der Waals surface area contributed by atoms with Crippen molar-refractivity contribution in [2.75, 3.05) is 19.5 Å². The van der Waals surface area contributed by atoms with Gasteiger partial charge < -0.3 is 19.8 Å². The molecule has 3 rings (SSSR count). The van der Waals surface area contributed by atoms with E-state index in [-0.39, 0.29) is 6.04 Å². The Balaban J connectivity index is 1.60. The molecule has 0 fully saturated rings. The van der Waals surface area contributed by atoms with E-state index in [4.69, 9.17) is 15.2 Å². The Morgan fingerprint density at radius 3 is 2.90 bits per heavy atom. The minimum atomic E-state index is -0.407. The molecule has 1 atom stereocenters. The van der Waals surface area contributed by atoms with Gasteiger partial charge in [-0.3, -0.25) is 0 Å². The zero-order chi connectivity index (χ0) is 20.8. The van der Waals surface area contributed by atoms with Crippen LogP contribution < -0.4 is 10.5 Å². The summed E-state index contributed by atoms with van der Waals surface area (Å²) in [7, 11) is 1.36. The smallest absolute Gasteiger partial charge is 0.341 e. The Hall–Kier alpha value is -2.69. The van der Waals surface area contributed by atoms with E-state index in [1.165, 1.54) is 7.11 Å². The second-order valence-corrected chi connectivity index (χ2v) is 7.73. The molecular weight excluding hydrogens is 485 g/mol. The molecule has 0 aliphatic rings. The highest BCUT2D eigenvalue weighted by molar-refractivity contribution is 14.1. The molecule has 29 heavy (non-hydrogen) atoms. The molecule has 0 saturated carbocycles. The average Bonchev–Trinajstić information content (AvgIpc) is 3.21. The fraction of sp³-hybridized carbons (Fsp3) is 0.300. The van der Waals surface area contributed by atoms with Crippen molar-refractivity contribution < 1.29 is 14.3 Å². The van der Waals surface area contributed by atoms with E-state index in [2.05, 4.69) is 44.7 Å². The second kappa shape index (κ2) is 9.68. The summed E-state index contributed by atoms with van der Waals surface area (Å²) in [4.78, 5) is 16.3. The third kappa shape index (κ3) is 5.22. The van der Waals surface area contributed by atoms with Crippen molar-refractivity contribution in [3.8, 4) is 17.3 Å². The van der Waals surface area contributed by atoms with Crippen LogP contribution in [-0.2, 0) is 4.74 Å². The van der Waals surface area contributed by atoms with E-state index in [1.54, 1.807) is 24.5 Å². The maximum absolute atomic E-state index is 11.9. The van der Waals surface area contributed by atoms with Crippen LogP contribution in [0, 0.1) is 3.57 Å². The van der Waals surface area contributed by atoms with E-state index in [1.807, 2.05) is 22.8 Å². The maximum Gasteiger partial charge on any atom is 0.341 e. The molecule has 0 saturated heterocycles. The number of anilines is 1. The molecule has 0 aliphatic carbocycles. The Morgan fingerprint density at radius 2 is 2.14 bits per heavy atom. The van der Waals surface area contributed by atoms with Gasteiger partial charge in [0.2, 0.25) is 0 Å². The zero-order valence-electron chi connectivity index (χ0n) is 16.2. The van der Waals surface area contributed by atoms with Gasteiger partial charge in [0, 0.05) is 9.61 Å². The van der Waals surface area contributed by atoms with Crippen LogP contribution in [0.15, 0.2) is 42.7 Å². The Kier molecular flexibility index (Phi) is 7.02. The molecule has 152 valence electrons. The predicted molar refractivity (Wildman–Crippen MR) is 118 cm³/mol. The van der Waals surface area contributed by atoms with Crippen molar-refractivity contribution in [2.24, 2.45) is 0 Å². The van der Waals surface area contributed by atoms with Crippen LogP contribution >= 0.6 is 22.6 Å². The van der Waals surface area contributed by atoms with Crippen molar-refractivity contribution in [1.29, 1.82) is 0 Å². The molecule has 8 nitrogen and oxygen atoms in total. The largest absolute Gasteiger partial charge is 0.493 e. The molecule has 2 N–H and O–H groups in total. The molecule has 0 aliphatic heterocycles. The standard InChI is InChI=1S/C20H22IN5O3/c1-13(26-12-23-25-19(26)16-6-3-7-18(22)24-16)5-4-10-29-17-9-8-14(21)11-15(17)20(27)28-2/h3,6-9,11-13H,4-5,10H2,1-2H3,(H2,22,24)/t13-/m0/s1. The van der Waals surface area contributed by atoms with Gasteiger partial charge in [0.1, 0.15) is 29.2 Å². The highest BCUT2D eigenvalue weighted by Crippen LogP contribution is 2.24. The number of nitrogen functional groups attached to an aromatic ring is 1. The zero-order valence-corrected chi connectivity index (χ0v) is 18.4. The van der Waals surface area contributed by atoms with Crippen LogP contribution in [0.5, 0.6) is 5.75 Å². The summed E-state index contributed by atoms with van der Waals surface area (Å²) in [6, 6.07) is 11.0. The summed E-state index contributed by atoms with van der Waals surface area (Å²) in [5, 5.41) is 8.21. The number of esters is 1. The fourth-order valence-electron chi connectivity index (χ4n) is 2.92. The highest BCUT2D eigenvalue weighted by atomic mass is 127. The number of hydrogen-bond acceptors (Lipinski definition) is 7. The van der Waals surface area contributed by atoms with Crippen LogP contribution in [-0.4, -0.2) is 39.4 Å². The number of nitrogens with zero attached hydrogens (tertiary/aromatic N) is 4. The monoisotopic (exact) mass is 507 g/mol. The topological polar surface area (TPSA) is 105 Å². The molecule has 3 aromatic rings. The Morgan fingerprint density at radius 1 is 1.31 bits per heavy atom. The van der Waals surface area contributed by atoms with Gasteiger partial charge in [-0.05, 0) is 72.7 Å². The molecule has 9 heteroatoms. The number of carbonyl (C=O) groups excluding carboxylic acids is 1. The van der Waals surface area contributed by atoms with Gasteiger partial charge in [-0.25, -0.2) is 9.78 Å². The molecule has 0 unspecified atom stereocenters. The quantitative estimate of drug-likeness (QED) is 0.282. The van der Waals surface area contributed by atoms with Gasteiger partial charge in [-0.15, -0.1) is 10.2 Å². The maximum atomic E-state index is 11.9. The van der Waals surface area contributed by atoms with Crippen LogP contribution in [0.2, 0.25) is 0 Å². The van der Waals surface area contributed by atoms with Gasteiger partial charge in [-0.1, -0.05) is 6.07 Å². The Bertz CT molecular complexity index is 992. The number of aromatic nitrogens is 4. The number of methoxy groups -OCH3 is 1. The van der Waals surface area contributed by atoms with Crippen LogP contribution in [0.3, 0.4) is 0 Å². The second-order valence-electron chi connectivity index (χ2n) is 6.48. The van der Waals surface area contributed by atoms with Crippen molar-refractivity contribution in [3.63, 3.8) is 0 Å². The number of pyridine rings is 1. The SMILES string of the molecule is COC(=O)c1cc(I)ccc1OCCC[C@H](C)n1cnnc1-c1cccc(N)n1. The molecule has 0 spiro atoms. The lowest BCUT2D eigenvalue weighted by Gasteiger charge is -2.16. The first-order chi connectivity index (χ1) is 14.0.